The van der Waals surface area contributed by atoms with E-state index < -0.39 is 0 Å². The van der Waals surface area contributed by atoms with E-state index in [1.54, 1.807) is 17.1 Å². The SMILES string of the molecule is Cn1cc(Nc2ncc(Cl)c(N[C@@H]3CC=CC[C@@H]3C(N)=O)n2)cn1. The molecule has 2 aromatic rings. The van der Waals surface area contributed by atoms with Crippen LogP contribution in [0.25, 0.3) is 0 Å². The van der Waals surface area contributed by atoms with Gasteiger partial charge in [-0.05, 0) is 12.8 Å². The van der Waals surface area contributed by atoms with Crippen LogP contribution >= 0.6 is 11.6 Å². The van der Waals surface area contributed by atoms with E-state index in [-0.39, 0.29) is 17.9 Å². The van der Waals surface area contributed by atoms with Crippen molar-refractivity contribution in [1.82, 2.24) is 19.7 Å². The number of aromatic nitrogens is 4. The van der Waals surface area contributed by atoms with Crippen LogP contribution in [0.4, 0.5) is 17.5 Å². The minimum atomic E-state index is -0.337. The van der Waals surface area contributed by atoms with Crippen LogP contribution in [0.15, 0.2) is 30.7 Å². The summed E-state index contributed by atoms with van der Waals surface area (Å²) in [5, 5.41) is 10.7. The summed E-state index contributed by atoms with van der Waals surface area (Å²) in [7, 11) is 1.82. The predicted molar refractivity (Wildman–Crippen MR) is 92.0 cm³/mol. The second-order valence-corrected chi connectivity index (χ2v) is 6.03. The summed E-state index contributed by atoms with van der Waals surface area (Å²) in [6, 6.07) is -0.147. The van der Waals surface area contributed by atoms with Crippen LogP contribution in [-0.4, -0.2) is 31.7 Å². The molecule has 2 atom stereocenters. The van der Waals surface area contributed by atoms with Crippen molar-refractivity contribution in [2.75, 3.05) is 10.6 Å². The Balaban J connectivity index is 1.78. The molecule has 2 aromatic heterocycles. The second-order valence-electron chi connectivity index (χ2n) is 5.62. The number of amides is 1. The van der Waals surface area contributed by atoms with Gasteiger partial charge >= 0.3 is 0 Å². The molecule has 9 heteroatoms. The molecule has 3 rings (SSSR count). The van der Waals surface area contributed by atoms with Crippen molar-refractivity contribution in [3.8, 4) is 0 Å². The Labute approximate surface area is 144 Å². The zero-order valence-electron chi connectivity index (χ0n) is 13.1. The molecule has 1 aliphatic rings. The fraction of sp³-hybridized carbons (Fsp3) is 0.333. The molecule has 0 aliphatic heterocycles. The Hall–Kier alpha value is -2.61. The zero-order valence-corrected chi connectivity index (χ0v) is 13.9. The molecule has 0 aromatic carbocycles. The van der Waals surface area contributed by atoms with Gasteiger partial charge in [0.25, 0.3) is 0 Å². The lowest BCUT2D eigenvalue weighted by Crippen LogP contribution is -2.39. The number of hydrogen-bond acceptors (Lipinski definition) is 6. The van der Waals surface area contributed by atoms with Gasteiger partial charge in [0.05, 0.1) is 24.0 Å². The third-order valence-electron chi connectivity index (χ3n) is 3.83. The lowest BCUT2D eigenvalue weighted by molar-refractivity contribution is -0.122. The van der Waals surface area contributed by atoms with Gasteiger partial charge < -0.3 is 16.4 Å². The summed E-state index contributed by atoms with van der Waals surface area (Å²) in [5.74, 6) is 0.216. The van der Waals surface area contributed by atoms with Gasteiger partial charge in [-0.25, -0.2) is 4.98 Å². The topological polar surface area (TPSA) is 111 Å². The van der Waals surface area contributed by atoms with E-state index in [9.17, 15) is 4.79 Å². The fourth-order valence-corrected chi connectivity index (χ4v) is 2.75. The average Bonchev–Trinajstić information content (AvgIpc) is 2.96. The Morgan fingerprint density at radius 1 is 1.38 bits per heavy atom. The van der Waals surface area contributed by atoms with Crippen LogP contribution < -0.4 is 16.4 Å². The van der Waals surface area contributed by atoms with E-state index in [2.05, 4.69) is 25.7 Å². The van der Waals surface area contributed by atoms with Crippen LogP contribution in [0.3, 0.4) is 0 Å². The number of carbonyl (C=O) groups is 1. The number of nitrogens with zero attached hydrogens (tertiary/aromatic N) is 4. The van der Waals surface area contributed by atoms with E-state index in [0.29, 0.717) is 29.6 Å². The summed E-state index contributed by atoms with van der Waals surface area (Å²) >= 11 is 6.18. The van der Waals surface area contributed by atoms with Crippen molar-refractivity contribution >= 4 is 35.0 Å². The fourth-order valence-electron chi connectivity index (χ4n) is 2.61. The molecule has 0 spiro atoms. The molecule has 1 aliphatic carbocycles. The highest BCUT2D eigenvalue weighted by Gasteiger charge is 2.28. The maximum atomic E-state index is 11.6. The highest BCUT2D eigenvalue weighted by atomic mass is 35.5. The van der Waals surface area contributed by atoms with Gasteiger partial charge in [-0.15, -0.1) is 0 Å². The molecule has 0 fully saturated rings. The van der Waals surface area contributed by atoms with E-state index >= 15 is 0 Å². The smallest absolute Gasteiger partial charge is 0.229 e. The number of nitrogens with one attached hydrogen (secondary N) is 2. The maximum absolute atomic E-state index is 11.6. The monoisotopic (exact) mass is 347 g/mol. The first-order valence-corrected chi connectivity index (χ1v) is 7.90. The lowest BCUT2D eigenvalue weighted by atomic mass is 9.88. The normalized spacial score (nSPS) is 19.9. The first kappa shape index (κ1) is 16.3. The van der Waals surface area contributed by atoms with Crippen molar-refractivity contribution in [2.45, 2.75) is 18.9 Å². The molecule has 8 nitrogen and oxygen atoms in total. The second kappa shape index (κ2) is 6.88. The molecule has 1 amide bonds. The maximum Gasteiger partial charge on any atom is 0.229 e. The van der Waals surface area contributed by atoms with Gasteiger partial charge in [0.1, 0.15) is 5.02 Å². The van der Waals surface area contributed by atoms with Gasteiger partial charge in [-0.1, -0.05) is 23.8 Å². The molecule has 126 valence electrons. The molecule has 24 heavy (non-hydrogen) atoms. The van der Waals surface area contributed by atoms with Crippen LogP contribution in [-0.2, 0) is 11.8 Å². The first-order valence-electron chi connectivity index (χ1n) is 7.52. The molecular formula is C15H18ClN7O. The van der Waals surface area contributed by atoms with Gasteiger partial charge in [0, 0.05) is 19.3 Å². The first-order chi connectivity index (χ1) is 11.5. The van der Waals surface area contributed by atoms with E-state index in [1.165, 1.54) is 6.20 Å². The number of allylic oxidation sites excluding steroid dienone is 1. The zero-order chi connectivity index (χ0) is 17.1. The van der Waals surface area contributed by atoms with Crippen molar-refractivity contribution in [1.29, 1.82) is 0 Å². The third kappa shape index (κ3) is 3.65. The van der Waals surface area contributed by atoms with Gasteiger partial charge in [0.2, 0.25) is 11.9 Å². The average molecular weight is 348 g/mol. The lowest BCUT2D eigenvalue weighted by Gasteiger charge is -2.27. The van der Waals surface area contributed by atoms with Crippen LogP contribution in [0.2, 0.25) is 5.02 Å². The summed E-state index contributed by atoms with van der Waals surface area (Å²) in [4.78, 5) is 20.2. The predicted octanol–water partition coefficient (Wildman–Crippen LogP) is 1.84. The Kier molecular flexibility index (Phi) is 4.66. The number of anilines is 3. The quantitative estimate of drug-likeness (QED) is 0.712. The summed E-state index contributed by atoms with van der Waals surface area (Å²) < 4.78 is 1.67. The third-order valence-corrected chi connectivity index (χ3v) is 4.10. The molecule has 0 saturated carbocycles. The highest BCUT2D eigenvalue weighted by molar-refractivity contribution is 6.32. The molecule has 0 radical (unpaired) electrons. The number of primary amides is 1. The van der Waals surface area contributed by atoms with Gasteiger partial charge in [-0.3, -0.25) is 9.48 Å². The Bertz CT molecular complexity index is 773. The number of rotatable bonds is 5. The number of nitrogens with two attached hydrogens (primary N) is 1. The largest absolute Gasteiger partial charge is 0.369 e. The summed E-state index contributed by atoms with van der Waals surface area (Å²) in [5.41, 5.74) is 6.25. The number of halogens is 1. The van der Waals surface area contributed by atoms with E-state index in [0.717, 1.165) is 5.69 Å². The molecule has 4 N–H and O–H groups in total. The van der Waals surface area contributed by atoms with Crippen LogP contribution in [0.1, 0.15) is 12.8 Å². The summed E-state index contributed by atoms with van der Waals surface area (Å²) in [6.07, 6.45) is 10.2. The minimum absolute atomic E-state index is 0.147. The standard InChI is InChI=1S/C15H18ClN7O/c1-23-8-9(6-19-23)20-15-18-7-11(16)14(22-15)21-12-5-3-2-4-10(12)13(17)24/h2-3,6-8,10,12H,4-5H2,1H3,(H2,17,24)(H2,18,20,21,22)/t10-,12+/m0/s1. The molecule has 0 unspecified atom stereocenters. The van der Waals surface area contributed by atoms with Crippen LogP contribution in [0, 0.1) is 5.92 Å². The molecule has 2 heterocycles. The van der Waals surface area contributed by atoms with Crippen molar-refractivity contribution < 1.29 is 4.79 Å². The van der Waals surface area contributed by atoms with Gasteiger partial charge in [0.15, 0.2) is 5.82 Å². The minimum Gasteiger partial charge on any atom is -0.369 e. The van der Waals surface area contributed by atoms with E-state index in [4.69, 9.17) is 17.3 Å². The van der Waals surface area contributed by atoms with Crippen LogP contribution in [0.5, 0.6) is 0 Å². The molecule has 0 saturated heterocycles. The molecular weight excluding hydrogens is 330 g/mol. The van der Waals surface area contributed by atoms with Crippen molar-refractivity contribution in [2.24, 2.45) is 18.7 Å². The highest BCUT2D eigenvalue weighted by Crippen LogP contribution is 2.27. The number of aryl methyl sites for hydroxylation is 1. The molecule has 0 bridgehead atoms. The Morgan fingerprint density at radius 3 is 2.88 bits per heavy atom. The summed E-state index contributed by atoms with van der Waals surface area (Å²) in [6.45, 7) is 0. The number of carbonyl (C=O) groups excluding carboxylic acids is 1. The Morgan fingerprint density at radius 2 is 2.17 bits per heavy atom. The van der Waals surface area contributed by atoms with Crippen molar-refractivity contribution in [3.05, 3.63) is 35.8 Å². The van der Waals surface area contributed by atoms with Crippen molar-refractivity contribution in [3.63, 3.8) is 0 Å². The van der Waals surface area contributed by atoms with E-state index in [1.807, 2.05) is 19.2 Å². The number of hydrogen-bond donors (Lipinski definition) is 3. The van der Waals surface area contributed by atoms with Gasteiger partial charge in [-0.2, -0.15) is 10.1 Å².